The van der Waals surface area contributed by atoms with E-state index in [4.69, 9.17) is 0 Å². The normalized spacial score (nSPS) is 11.5. The lowest BCUT2D eigenvalue weighted by molar-refractivity contribution is 0.104. The Morgan fingerprint density at radius 3 is 2.86 bits per heavy atom. The second-order valence-corrected chi connectivity index (χ2v) is 5.82. The zero-order valence-corrected chi connectivity index (χ0v) is 12.4. The van der Waals surface area contributed by atoms with Gasteiger partial charge in [-0.2, -0.15) is 0 Å². The predicted molar refractivity (Wildman–Crippen MR) is 84.0 cm³/mol. The van der Waals surface area contributed by atoms with Crippen molar-refractivity contribution in [2.75, 3.05) is 14.1 Å². The predicted octanol–water partition coefficient (Wildman–Crippen LogP) is 2.17. The molecule has 2 aromatic heterocycles. The van der Waals surface area contributed by atoms with Crippen LogP contribution in [0.5, 0.6) is 0 Å². The molecule has 106 valence electrons. The molecule has 0 unspecified atom stereocenters. The average molecular weight is 299 g/mol. The van der Waals surface area contributed by atoms with Gasteiger partial charge in [-0.05, 0) is 12.1 Å². The smallest absolute Gasteiger partial charge is 0.270 e. The number of carbonyl (C=O) groups is 1. The molecular formula is C15H13N3O2S. The minimum absolute atomic E-state index is 0.0779. The minimum atomic E-state index is -0.342. The molecule has 21 heavy (non-hydrogen) atoms. The molecule has 2 heterocycles. The van der Waals surface area contributed by atoms with E-state index in [0.29, 0.717) is 4.96 Å². The maximum Gasteiger partial charge on any atom is 0.270 e. The molecule has 0 spiro atoms. The summed E-state index contributed by atoms with van der Waals surface area (Å²) < 4.78 is 2.46. The molecule has 0 atom stereocenters. The molecule has 0 aliphatic rings. The highest BCUT2D eigenvalue weighted by Crippen LogP contribution is 2.23. The molecule has 6 heteroatoms. The van der Waals surface area contributed by atoms with Crippen LogP contribution in [0, 0.1) is 0 Å². The Morgan fingerprint density at radius 2 is 2.10 bits per heavy atom. The van der Waals surface area contributed by atoms with E-state index >= 15 is 0 Å². The summed E-state index contributed by atoms with van der Waals surface area (Å²) >= 11 is 1.43. The van der Waals surface area contributed by atoms with Crippen molar-refractivity contribution in [3.8, 4) is 0 Å². The Balaban J connectivity index is 2.22. The van der Waals surface area contributed by atoms with Crippen LogP contribution in [0.1, 0.15) is 10.4 Å². The summed E-state index contributed by atoms with van der Waals surface area (Å²) in [6.45, 7) is 0. The van der Waals surface area contributed by atoms with Crippen LogP contribution in [0.15, 0.2) is 47.5 Å². The number of hydrogen-bond acceptors (Lipinski definition) is 5. The van der Waals surface area contributed by atoms with Gasteiger partial charge in [0.25, 0.3) is 5.56 Å². The van der Waals surface area contributed by atoms with Crippen LogP contribution in [0.3, 0.4) is 0 Å². The van der Waals surface area contributed by atoms with Crippen LogP contribution >= 0.6 is 11.3 Å². The maximum absolute atomic E-state index is 12.6. The van der Waals surface area contributed by atoms with Gasteiger partial charge in [0.15, 0.2) is 10.7 Å². The largest absolute Gasteiger partial charge is 0.383 e. The van der Waals surface area contributed by atoms with Crippen molar-refractivity contribution in [1.82, 2.24) is 14.3 Å². The maximum atomic E-state index is 12.6. The lowest BCUT2D eigenvalue weighted by Gasteiger charge is -2.02. The molecule has 5 nitrogen and oxygen atoms in total. The molecule has 0 amide bonds. The van der Waals surface area contributed by atoms with Gasteiger partial charge in [-0.25, -0.2) is 4.98 Å². The quantitative estimate of drug-likeness (QED) is 0.549. The zero-order chi connectivity index (χ0) is 15.0. The molecule has 0 saturated heterocycles. The summed E-state index contributed by atoms with van der Waals surface area (Å²) in [6, 6.07) is 7.56. The van der Waals surface area contributed by atoms with E-state index in [9.17, 15) is 9.59 Å². The SMILES string of the molecule is CN(C)/C=C/C(=O)c1cnc2sc3ccccc3n2c1=O. The highest BCUT2D eigenvalue weighted by atomic mass is 32.1. The number of thiazole rings is 1. The van der Waals surface area contributed by atoms with Crippen molar-refractivity contribution >= 4 is 32.3 Å². The van der Waals surface area contributed by atoms with Gasteiger partial charge in [0.05, 0.1) is 10.2 Å². The summed E-state index contributed by atoms with van der Waals surface area (Å²) in [6.07, 6.45) is 4.34. The fourth-order valence-electron chi connectivity index (χ4n) is 2.03. The van der Waals surface area contributed by atoms with Crippen LogP contribution < -0.4 is 5.56 Å². The summed E-state index contributed by atoms with van der Waals surface area (Å²) in [4.78, 5) is 31.2. The third kappa shape index (κ3) is 2.34. The van der Waals surface area contributed by atoms with E-state index in [1.165, 1.54) is 28.0 Å². The lowest BCUT2D eigenvalue weighted by atomic mass is 10.2. The Labute approximate surface area is 124 Å². The Kier molecular flexibility index (Phi) is 3.31. The number of fused-ring (bicyclic) bond motifs is 3. The van der Waals surface area contributed by atoms with E-state index in [-0.39, 0.29) is 16.9 Å². The van der Waals surface area contributed by atoms with Gasteiger partial charge in [0.2, 0.25) is 0 Å². The molecule has 0 aliphatic carbocycles. The molecular weight excluding hydrogens is 286 g/mol. The average Bonchev–Trinajstić information content (AvgIpc) is 2.84. The molecule has 0 saturated carbocycles. The van der Waals surface area contributed by atoms with Crippen molar-refractivity contribution < 1.29 is 4.79 Å². The second-order valence-electron chi connectivity index (χ2n) is 4.81. The first-order chi connectivity index (χ1) is 10.1. The topological polar surface area (TPSA) is 54.7 Å². The molecule has 0 fully saturated rings. The van der Waals surface area contributed by atoms with Gasteiger partial charge >= 0.3 is 0 Å². The van der Waals surface area contributed by atoms with Gasteiger partial charge in [-0.1, -0.05) is 23.5 Å². The molecule has 1 aromatic carbocycles. The van der Waals surface area contributed by atoms with Crippen LogP contribution in [-0.2, 0) is 0 Å². The fourth-order valence-corrected chi connectivity index (χ4v) is 3.01. The minimum Gasteiger partial charge on any atom is -0.383 e. The Morgan fingerprint density at radius 1 is 1.33 bits per heavy atom. The monoisotopic (exact) mass is 299 g/mol. The Hall–Kier alpha value is -2.47. The second kappa shape index (κ2) is 5.14. The highest BCUT2D eigenvalue weighted by molar-refractivity contribution is 7.23. The van der Waals surface area contributed by atoms with Crippen molar-refractivity contribution in [1.29, 1.82) is 0 Å². The third-order valence-electron chi connectivity index (χ3n) is 3.03. The molecule has 0 bridgehead atoms. The van der Waals surface area contributed by atoms with Gasteiger partial charge in [-0.15, -0.1) is 0 Å². The van der Waals surface area contributed by atoms with Crippen molar-refractivity contribution in [3.63, 3.8) is 0 Å². The zero-order valence-electron chi connectivity index (χ0n) is 11.6. The van der Waals surface area contributed by atoms with Crippen molar-refractivity contribution in [2.24, 2.45) is 0 Å². The van der Waals surface area contributed by atoms with Gasteiger partial charge in [-0.3, -0.25) is 14.0 Å². The Bertz CT molecular complexity index is 921. The first kappa shape index (κ1) is 13.5. The number of ketones is 1. The van der Waals surface area contributed by atoms with E-state index < -0.39 is 0 Å². The molecule has 3 rings (SSSR count). The van der Waals surface area contributed by atoms with Gasteiger partial charge < -0.3 is 4.90 Å². The van der Waals surface area contributed by atoms with Crippen molar-refractivity contribution in [3.05, 3.63) is 58.7 Å². The number of benzene rings is 1. The third-order valence-corrected chi connectivity index (χ3v) is 4.06. The number of allylic oxidation sites excluding steroid dienone is 1. The summed E-state index contributed by atoms with van der Waals surface area (Å²) in [5.41, 5.74) is 0.529. The first-order valence-corrected chi connectivity index (χ1v) is 7.18. The van der Waals surface area contributed by atoms with Crippen molar-refractivity contribution in [2.45, 2.75) is 0 Å². The van der Waals surface area contributed by atoms with Gasteiger partial charge in [0, 0.05) is 32.6 Å². The van der Waals surface area contributed by atoms with E-state index in [2.05, 4.69) is 4.98 Å². The first-order valence-electron chi connectivity index (χ1n) is 6.36. The molecule has 3 aromatic rings. The van der Waals surface area contributed by atoms with E-state index in [1.54, 1.807) is 11.1 Å². The van der Waals surface area contributed by atoms with Crippen LogP contribution in [0.2, 0.25) is 0 Å². The number of para-hydroxylation sites is 1. The molecule has 0 aliphatic heterocycles. The van der Waals surface area contributed by atoms with Crippen LogP contribution in [0.25, 0.3) is 15.2 Å². The summed E-state index contributed by atoms with van der Waals surface area (Å²) in [7, 11) is 3.62. The van der Waals surface area contributed by atoms with Crippen LogP contribution in [0.4, 0.5) is 0 Å². The van der Waals surface area contributed by atoms with Gasteiger partial charge in [0.1, 0.15) is 5.56 Å². The number of carbonyl (C=O) groups excluding carboxylic acids is 1. The van der Waals surface area contributed by atoms with E-state index in [0.717, 1.165) is 10.2 Å². The number of aromatic nitrogens is 2. The summed E-state index contributed by atoms with van der Waals surface area (Å²) in [5, 5.41) is 0. The standard InChI is InChI=1S/C15H13N3O2S/c1-17(2)8-7-12(19)10-9-16-15-18(14(10)20)11-5-3-4-6-13(11)21-15/h3-9H,1-2H3/b8-7+. The molecule has 0 radical (unpaired) electrons. The van der Waals surface area contributed by atoms with Crippen LogP contribution in [-0.4, -0.2) is 34.2 Å². The van der Waals surface area contributed by atoms with E-state index in [1.807, 2.05) is 38.4 Å². The number of rotatable bonds is 3. The number of hydrogen-bond donors (Lipinski definition) is 0. The highest BCUT2D eigenvalue weighted by Gasteiger charge is 2.14. The molecule has 0 N–H and O–H groups in total. The number of nitrogens with zero attached hydrogens (tertiary/aromatic N) is 3. The lowest BCUT2D eigenvalue weighted by Crippen LogP contribution is -2.21. The fraction of sp³-hybridized carbons (Fsp3) is 0.133. The summed E-state index contributed by atoms with van der Waals surface area (Å²) in [5.74, 6) is -0.342.